The van der Waals surface area contributed by atoms with Crippen molar-refractivity contribution in [2.45, 2.75) is 51.1 Å². The summed E-state index contributed by atoms with van der Waals surface area (Å²) in [6, 6.07) is 7.49. The van der Waals surface area contributed by atoms with Gasteiger partial charge in [0, 0.05) is 23.1 Å². The predicted octanol–water partition coefficient (Wildman–Crippen LogP) is 4.24. The van der Waals surface area contributed by atoms with Gasteiger partial charge < -0.3 is 10.6 Å². The minimum atomic E-state index is 0.103. The fourth-order valence-corrected chi connectivity index (χ4v) is 4.37. The molecule has 2 fully saturated rings. The molecule has 3 unspecified atom stereocenters. The molecule has 1 heterocycles. The molecule has 1 aromatic carbocycles. The maximum absolute atomic E-state index is 5.96. The van der Waals surface area contributed by atoms with Gasteiger partial charge >= 0.3 is 0 Å². The third kappa shape index (κ3) is 2.55. The molecule has 3 heteroatoms. The Balaban J connectivity index is 1.86. The molecule has 1 aliphatic heterocycles. The molecule has 1 aliphatic carbocycles. The van der Waals surface area contributed by atoms with E-state index in [0.717, 1.165) is 12.0 Å². The fraction of sp³-hybridized carbons (Fsp3) is 0.625. The van der Waals surface area contributed by atoms with E-state index in [2.05, 4.69) is 39.0 Å². The molecule has 0 bridgehead atoms. The monoisotopic (exact) mass is 322 g/mol. The first-order chi connectivity index (χ1) is 9.16. The van der Waals surface area contributed by atoms with Gasteiger partial charge in [-0.25, -0.2) is 0 Å². The number of nitrogens with zero attached hydrogens (tertiary/aromatic N) is 1. The van der Waals surface area contributed by atoms with E-state index in [1.54, 1.807) is 0 Å². The Hall–Kier alpha value is -0.540. The van der Waals surface area contributed by atoms with Crippen LogP contribution >= 0.6 is 15.9 Å². The largest absolute Gasteiger partial charge is 0.367 e. The van der Waals surface area contributed by atoms with Crippen molar-refractivity contribution in [2.24, 2.45) is 11.7 Å². The van der Waals surface area contributed by atoms with Crippen molar-refractivity contribution in [1.82, 2.24) is 0 Å². The number of hydrogen-bond acceptors (Lipinski definition) is 2. The van der Waals surface area contributed by atoms with E-state index in [1.165, 1.54) is 54.4 Å². The van der Waals surface area contributed by atoms with Gasteiger partial charge in [0.15, 0.2) is 0 Å². The average Bonchev–Trinajstić information content (AvgIpc) is 2.82. The second-order valence-corrected chi connectivity index (χ2v) is 6.95. The SMILES string of the molecule is CC(N)c1ccc(N2CCC3CCCCC32)c(Br)c1. The Labute approximate surface area is 124 Å². The average molecular weight is 323 g/mol. The van der Waals surface area contributed by atoms with Crippen molar-refractivity contribution in [2.75, 3.05) is 11.4 Å². The molecule has 2 nitrogen and oxygen atoms in total. The second kappa shape index (κ2) is 5.45. The molecule has 0 amide bonds. The fourth-order valence-electron chi connectivity index (χ4n) is 3.74. The Morgan fingerprint density at radius 1 is 1.26 bits per heavy atom. The molecule has 1 saturated carbocycles. The highest BCUT2D eigenvalue weighted by atomic mass is 79.9. The summed E-state index contributed by atoms with van der Waals surface area (Å²) in [5, 5.41) is 0. The lowest BCUT2D eigenvalue weighted by atomic mass is 9.85. The van der Waals surface area contributed by atoms with E-state index in [9.17, 15) is 0 Å². The van der Waals surface area contributed by atoms with Crippen molar-refractivity contribution < 1.29 is 0 Å². The molecule has 0 radical (unpaired) electrons. The van der Waals surface area contributed by atoms with Crippen LogP contribution in [0, 0.1) is 5.92 Å². The zero-order valence-corrected chi connectivity index (χ0v) is 13.2. The summed E-state index contributed by atoms with van der Waals surface area (Å²) in [4.78, 5) is 2.62. The summed E-state index contributed by atoms with van der Waals surface area (Å²) in [7, 11) is 0. The Morgan fingerprint density at radius 3 is 2.79 bits per heavy atom. The third-order valence-electron chi connectivity index (χ3n) is 4.82. The molecule has 1 aromatic rings. The van der Waals surface area contributed by atoms with E-state index in [4.69, 9.17) is 5.73 Å². The first kappa shape index (κ1) is 13.4. The highest BCUT2D eigenvalue weighted by Gasteiger charge is 2.36. The van der Waals surface area contributed by atoms with Gasteiger partial charge in [-0.2, -0.15) is 0 Å². The lowest BCUT2D eigenvalue weighted by molar-refractivity contribution is 0.342. The van der Waals surface area contributed by atoms with Crippen molar-refractivity contribution in [3.63, 3.8) is 0 Å². The molecule has 2 aliphatic rings. The first-order valence-corrected chi connectivity index (χ1v) is 8.28. The van der Waals surface area contributed by atoms with Gasteiger partial charge in [-0.1, -0.05) is 18.9 Å². The molecule has 3 atom stereocenters. The van der Waals surface area contributed by atoms with Crippen LogP contribution in [-0.2, 0) is 0 Å². The van der Waals surface area contributed by atoms with Crippen LogP contribution in [0.25, 0.3) is 0 Å². The lowest BCUT2D eigenvalue weighted by Crippen LogP contribution is -2.34. The van der Waals surface area contributed by atoms with Crippen LogP contribution in [0.3, 0.4) is 0 Å². The number of fused-ring (bicyclic) bond motifs is 1. The number of anilines is 1. The van der Waals surface area contributed by atoms with E-state index in [1.807, 2.05) is 6.92 Å². The molecule has 2 N–H and O–H groups in total. The highest BCUT2D eigenvalue weighted by molar-refractivity contribution is 9.10. The van der Waals surface area contributed by atoms with Gasteiger partial charge in [-0.05, 0) is 65.7 Å². The summed E-state index contributed by atoms with van der Waals surface area (Å²) in [5.74, 6) is 0.925. The molecule has 0 aromatic heterocycles. The number of halogens is 1. The zero-order chi connectivity index (χ0) is 13.4. The normalized spacial score (nSPS) is 28.3. The van der Waals surface area contributed by atoms with Crippen molar-refractivity contribution in [3.8, 4) is 0 Å². The van der Waals surface area contributed by atoms with Gasteiger partial charge in [-0.3, -0.25) is 0 Å². The van der Waals surface area contributed by atoms with E-state index in [0.29, 0.717) is 0 Å². The number of hydrogen-bond donors (Lipinski definition) is 1. The van der Waals surface area contributed by atoms with Crippen LogP contribution in [0.1, 0.15) is 50.6 Å². The summed E-state index contributed by atoms with van der Waals surface area (Å²) in [5.41, 5.74) is 8.52. The van der Waals surface area contributed by atoms with Crippen molar-refractivity contribution >= 4 is 21.6 Å². The predicted molar refractivity (Wildman–Crippen MR) is 84.5 cm³/mol. The number of benzene rings is 1. The Morgan fingerprint density at radius 2 is 2.05 bits per heavy atom. The Bertz CT molecular complexity index is 458. The van der Waals surface area contributed by atoms with Crippen LogP contribution in [0.2, 0.25) is 0 Å². The number of nitrogens with two attached hydrogens (primary N) is 1. The molecule has 104 valence electrons. The van der Waals surface area contributed by atoms with Gasteiger partial charge in [0.1, 0.15) is 0 Å². The zero-order valence-electron chi connectivity index (χ0n) is 11.6. The maximum Gasteiger partial charge on any atom is 0.0513 e. The van der Waals surface area contributed by atoms with Crippen molar-refractivity contribution in [3.05, 3.63) is 28.2 Å². The quantitative estimate of drug-likeness (QED) is 0.882. The van der Waals surface area contributed by atoms with Crippen LogP contribution in [0.15, 0.2) is 22.7 Å². The van der Waals surface area contributed by atoms with Crippen LogP contribution in [-0.4, -0.2) is 12.6 Å². The number of rotatable bonds is 2. The summed E-state index contributed by atoms with van der Waals surface area (Å²) < 4.78 is 1.20. The smallest absolute Gasteiger partial charge is 0.0513 e. The molecule has 0 spiro atoms. The summed E-state index contributed by atoms with van der Waals surface area (Å²) in [6.07, 6.45) is 6.99. The van der Waals surface area contributed by atoms with Gasteiger partial charge in [0.25, 0.3) is 0 Å². The Kier molecular flexibility index (Phi) is 3.86. The minimum Gasteiger partial charge on any atom is -0.367 e. The lowest BCUT2D eigenvalue weighted by Gasteiger charge is -2.34. The molecular formula is C16H23BrN2. The van der Waals surface area contributed by atoms with Gasteiger partial charge in [0.05, 0.1) is 5.69 Å². The van der Waals surface area contributed by atoms with Gasteiger partial charge in [0.2, 0.25) is 0 Å². The second-order valence-electron chi connectivity index (χ2n) is 6.09. The van der Waals surface area contributed by atoms with E-state index < -0.39 is 0 Å². The summed E-state index contributed by atoms with van der Waals surface area (Å²) in [6.45, 7) is 3.25. The van der Waals surface area contributed by atoms with Crippen LogP contribution in [0.5, 0.6) is 0 Å². The topological polar surface area (TPSA) is 29.3 Å². The first-order valence-electron chi connectivity index (χ1n) is 7.48. The molecule has 3 rings (SSSR count). The molecule has 19 heavy (non-hydrogen) atoms. The van der Waals surface area contributed by atoms with Crippen LogP contribution in [0.4, 0.5) is 5.69 Å². The van der Waals surface area contributed by atoms with E-state index in [-0.39, 0.29) is 6.04 Å². The van der Waals surface area contributed by atoms with Gasteiger partial charge in [-0.15, -0.1) is 0 Å². The standard InChI is InChI=1S/C16H23BrN2/c1-11(18)13-6-7-16(14(17)10-13)19-9-8-12-4-2-3-5-15(12)19/h6-7,10-12,15H,2-5,8-9,18H2,1H3. The third-order valence-corrected chi connectivity index (χ3v) is 5.45. The van der Waals surface area contributed by atoms with Crippen molar-refractivity contribution in [1.29, 1.82) is 0 Å². The maximum atomic E-state index is 5.96. The highest BCUT2D eigenvalue weighted by Crippen LogP contribution is 2.41. The molecule has 1 saturated heterocycles. The summed E-state index contributed by atoms with van der Waals surface area (Å²) >= 11 is 3.74. The van der Waals surface area contributed by atoms with Crippen LogP contribution < -0.4 is 10.6 Å². The minimum absolute atomic E-state index is 0.103. The molecular weight excluding hydrogens is 300 g/mol. The van der Waals surface area contributed by atoms with E-state index >= 15 is 0 Å².